The zero-order valence-corrected chi connectivity index (χ0v) is 11.6. The second kappa shape index (κ2) is 6.47. The van der Waals surface area contributed by atoms with Gasteiger partial charge in [0.1, 0.15) is 11.9 Å². The monoisotopic (exact) mass is 258 g/mol. The third-order valence-corrected chi connectivity index (χ3v) is 4.04. The Balaban J connectivity index is 2.09. The lowest BCUT2D eigenvalue weighted by Gasteiger charge is -2.31. The molecule has 0 amide bonds. The Hall–Kier alpha value is -1.69. The minimum absolute atomic E-state index is 0.317. The second-order valence-corrected chi connectivity index (χ2v) is 5.30. The summed E-state index contributed by atoms with van der Waals surface area (Å²) >= 11 is 0. The van der Waals surface area contributed by atoms with E-state index in [4.69, 9.17) is 15.7 Å². The maximum Gasteiger partial charge on any atom is 0.120 e. The zero-order chi connectivity index (χ0) is 13.7. The first-order chi connectivity index (χ1) is 9.24. The summed E-state index contributed by atoms with van der Waals surface area (Å²) in [5, 5.41) is 8.79. The van der Waals surface area contributed by atoms with Crippen LogP contribution in [-0.4, -0.2) is 6.10 Å². The van der Waals surface area contributed by atoms with Gasteiger partial charge in [-0.1, -0.05) is 13.3 Å². The SMILES string of the molecule is CCC1CCCCC1Oc1ccc(N)c(CC#N)c1. The number of rotatable bonds is 4. The van der Waals surface area contributed by atoms with Crippen molar-refractivity contribution in [1.82, 2.24) is 0 Å². The summed E-state index contributed by atoms with van der Waals surface area (Å²) in [6.45, 7) is 2.23. The molecular formula is C16H22N2O. The highest BCUT2D eigenvalue weighted by atomic mass is 16.5. The Bertz CT molecular complexity index is 464. The number of benzene rings is 1. The van der Waals surface area contributed by atoms with Crippen LogP contribution in [0.1, 0.15) is 44.6 Å². The Labute approximate surface area is 115 Å². The summed E-state index contributed by atoms with van der Waals surface area (Å²) in [5.41, 5.74) is 7.39. The van der Waals surface area contributed by atoms with Crippen LogP contribution >= 0.6 is 0 Å². The van der Waals surface area contributed by atoms with Crippen molar-refractivity contribution in [2.24, 2.45) is 5.92 Å². The number of nitrogens with two attached hydrogens (primary N) is 1. The molecule has 0 aromatic heterocycles. The summed E-state index contributed by atoms with van der Waals surface area (Å²) in [6, 6.07) is 7.81. The molecule has 0 radical (unpaired) electrons. The molecule has 0 saturated heterocycles. The molecule has 0 spiro atoms. The van der Waals surface area contributed by atoms with Gasteiger partial charge in [0, 0.05) is 5.69 Å². The van der Waals surface area contributed by atoms with E-state index in [1.165, 1.54) is 25.7 Å². The molecule has 19 heavy (non-hydrogen) atoms. The van der Waals surface area contributed by atoms with Crippen LogP contribution in [0.15, 0.2) is 18.2 Å². The quantitative estimate of drug-likeness (QED) is 0.838. The topological polar surface area (TPSA) is 59.0 Å². The van der Waals surface area contributed by atoms with Gasteiger partial charge in [-0.3, -0.25) is 0 Å². The largest absolute Gasteiger partial charge is 0.490 e. The van der Waals surface area contributed by atoms with Crippen LogP contribution in [0.25, 0.3) is 0 Å². The smallest absolute Gasteiger partial charge is 0.120 e. The number of ether oxygens (including phenoxy) is 1. The Kier molecular flexibility index (Phi) is 4.68. The molecule has 1 aromatic carbocycles. The molecule has 2 atom stereocenters. The van der Waals surface area contributed by atoms with E-state index in [2.05, 4.69) is 13.0 Å². The number of nitrogen functional groups attached to an aromatic ring is 1. The normalized spacial score (nSPS) is 22.7. The molecular weight excluding hydrogens is 236 g/mol. The molecule has 1 aliphatic rings. The molecule has 2 N–H and O–H groups in total. The van der Waals surface area contributed by atoms with Crippen molar-refractivity contribution >= 4 is 5.69 Å². The van der Waals surface area contributed by atoms with Crippen molar-refractivity contribution < 1.29 is 4.74 Å². The molecule has 0 bridgehead atoms. The van der Waals surface area contributed by atoms with Gasteiger partial charge < -0.3 is 10.5 Å². The van der Waals surface area contributed by atoms with Crippen LogP contribution in [-0.2, 0) is 6.42 Å². The highest BCUT2D eigenvalue weighted by Crippen LogP contribution is 2.31. The van der Waals surface area contributed by atoms with Gasteiger partial charge in [0.2, 0.25) is 0 Å². The number of hydrogen-bond acceptors (Lipinski definition) is 3. The van der Waals surface area contributed by atoms with Crippen LogP contribution in [0.2, 0.25) is 0 Å². The van der Waals surface area contributed by atoms with E-state index in [9.17, 15) is 0 Å². The van der Waals surface area contributed by atoms with Gasteiger partial charge in [0.25, 0.3) is 0 Å². The number of hydrogen-bond donors (Lipinski definition) is 1. The maximum atomic E-state index is 8.79. The molecule has 1 saturated carbocycles. The van der Waals surface area contributed by atoms with Crippen molar-refractivity contribution in [3.8, 4) is 11.8 Å². The van der Waals surface area contributed by atoms with Crippen molar-refractivity contribution in [3.05, 3.63) is 23.8 Å². The van der Waals surface area contributed by atoms with Gasteiger partial charge in [-0.05, 0) is 55.4 Å². The van der Waals surface area contributed by atoms with Gasteiger partial charge in [0.05, 0.1) is 12.5 Å². The predicted molar refractivity (Wildman–Crippen MR) is 76.8 cm³/mol. The average Bonchev–Trinajstić information content (AvgIpc) is 2.43. The fourth-order valence-corrected chi connectivity index (χ4v) is 2.86. The molecule has 3 heteroatoms. The number of nitrogens with zero attached hydrogens (tertiary/aromatic N) is 1. The lowest BCUT2D eigenvalue weighted by Crippen LogP contribution is -2.29. The van der Waals surface area contributed by atoms with Gasteiger partial charge in [0.15, 0.2) is 0 Å². The van der Waals surface area contributed by atoms with E-state index in [0.717, 1.165) is 17.7 Å². The minimum Gasteiger partial charge on any atom is -0.490 e. The van der Waals surface area contributed by atoms with Crippen molar-refractivity contribution in [3.63, 3.8) is 0 Å². The van der Waals surface area contributed by atoms with Gasteiger partial charge >= 0.3 is 0 Å². The van der Waals surface area contributed by atoms with E-state index in [1.54, 1.807) is 0 Å². The maximum absolute atomic E-state index is 8.79. The molecule has 102 valence electrons. The van der Waals surface area contributed by atoms with Crippen molar-refractivity contribution in [2.45, 2.75) is 51.6 Å². The van der Waals surface area contributed by atoms with E-state index in [0.29, 0.717) is 24.1 Å². The average molecular weight is 258 g/mol. The third-order valence-electron chi connectivity index (χ3n) is 4.04. The van der Waals surface area contributed by atoms with E-state index < -0.39 is 0 Å². The zero-order valence-electron chi connectivity index (χ0n) is 11.6. The first-order valence-corrected chi connectivity index (χ1v) is 7.16. The molecule has 1 fully saturated rings. The summed E-state index contributed by atoms with van der Waals surface area (Å²) in [5.74, 6) is 1.51. The summed E-state index contributed by atoms with van der Waals surface area (Å²) in [6.07, 6.45) is 6.80. The second-order valence-electron chi connectivity index (χ2n) is 5.30. The van der Waals surface area contributed by atoms with E-state index in [-0.39, 0.29) is 0 Å². The first-order valence-electron chi connectivity index (χ1n) is 7.16. The molecule has 1 aromatic rings. The van der Waals surface area contributed by atoms with Crippen molar-refractivity contribution in [1.29, 1.82) is 5.26 Å². The summed E-state index contributed by atoms with van der Waals surface area (Å²) in [4.78, 5) is 0. The Morgan fingerprint density at radius 1 is 1.37 bits per heavy atom. The highest BCUT2D eigenvalue weighted by molar-refractivity contribution is 5.51. The van der Waals surface area contributed by atoms with Crippen LogP contribution < -0.4 is 10.5 Å². The Morgan fingerprint density at radius 2 is 2.16 bits per heavy atom. The lowest BCUT2D eigenvalue weighted by molar-refractivity contribution is 0.0903. The molecule has 0 aliphatic heterocycles. The number of anilines is 1. The van der Waals surface area contributed by atoms with Crippen LogP contribution in [0, 0.1) is 17.2 Å². The summed E-state index contributed by atoms with van der Waals surface area (Å²) < 4.78 is 6.14. The van der Waals surface area contributed by atoms with Crippen molar-refractivity contribution in [2.75, 3.05) is 5.73 Å². The molecule has 2 rings (SSSR count). The van der Waals surface area contributed by atoms with Crippen LogP contribution in [0.3, 0.4) is 0 Å². The molecule has 3 nitrogen and oxygen atoms in total. The fourth-order valence-electron chi connectivity index (χ4n) is 2.86. The Morgan fingerprint density at radius 3 is 2.89 bits per heavy atom. The summed E-state index contributed by atoms with van der Waals surface area (Å²) in [7, 11) is 0. The lowest BCUT2D eigenvalue weighted by atomic mass is 9.85. The predicted octanol–water partition coefficient (Wildman–Crippen LogP) is 3.68. The van der Waals surface area contributed by atoms with Crippen LogP contribution in [0.5, 0.6) is 5.75 Å². The third kappa shape index (κ3) is 3.41. The van der Waals surface area contributed by atoms with Gasteiger partial charge in [-0.15, -0.1) is 0 Å². The molecule has 2 unspecified atom stereocenters. The minimum atomic E-state index is 0.317. The van der Waals surface area contributed by atoms with Gasteiger partial charge in [-0.2, -0.15) is 5.26 Å². The highest BCUT2D eigenvalue weighted by Gasteiger charge is 2.25. The van der Waals surface area contributed by atoms with E-state index in [1.807, 2.05) is 18.2 Å². The van der Waals surface area contributed by atoms with Gasteiger partial charge in [-0.25, -0.2) is 0 Å². The standard InChI is InChI=1S/C16H22N2O/c1-2-12-5-3-4-6-16(12)19-14-7-8-15(18)13(11-14)9-10-17/h7-8,11-12,16H,2-6,9,18H2,1H3. The van der Waals surface area contributed by atoms with Crippen LogP contribution in [0.4, 0.5) is 5.69 Å². The molecule has 1 aliphatic carbocycles. The first kappa shape index (κ1) is 13.7. The number of nitriles is 1. The van der Waals surface area contributed by atoms with E-state index >= 15 is 0 Å². The molecule has 0 heterocycles. The fraction of sp³-hybridized carbons (Fsp3) is 0.562.